The minimum absolute atomic E-state index is 0.0807. The molecule has 0 saturated carbocycles. The summed E-state index contributed by atoms with van der Waals surface area (Å²) in [5.74, 6) is 1.77. The Morgan fingerprint density at radius 3 is 2.71 bits per heavy atom. The Hall–Kier alpha value is -2.04. The summed E-state index contributed by atoms with van der Waals surface area (Å²) in [5.41, 5.74) is 1.86. The average Bonchev–Trinajstić information content (AvgIpc) is 3.13. The molecule has 0 atom stereocenters. The Morgan fingerprint density at radius 1 is 1.38 bits per heavy atom. The predicted molar refractivity (Wildman–Crippen MR) is 79.0 cm³/mol. The third-order valence-corrected chi connectivity index (χ3v) is 4.37. The lowest BCUT2D eigenvalue weighted by molar-refractivity contribution is 0.0681. The van der Waals surface area contributed by atoms with Gasteiger partial charge in [0.2, 0.25) is 0 Å². The molecule has 0 aliphatic carbocycles. The molecule has 1 saturated heterocycles. The van der Waals surface area contributed by atoms with Crippen LogP contribution in [0.2, 0.25) is 0 Å². The Bertz CT molecular complexity index is 588. The van der Waals surface area contributed by atoms with E-state index in [1.54, 1.807) is 12.3 Å². The summed E-state index contributed by atoms with van der Waals surface area (Å²) in [4.78, 5) is 18.5. The van der Waals surface area contributed by atoms with Gasteiger partial charge < -0.3 is 13.9 Å². The lowest BCUT2D eigenvalue weighted by Crippen LogP contribution is -2.39. The number of aryl methyl sites for hydroxylation is 2. The summed E-state index contributed by atoms with van der Waals surface area (Å²) < 4.78 is 7.26. The van der Waals surface area contributed by atoms with Crippen LogP contribution in [0.1, 0.15) is 34.7 Å². The van der Waals surface area contributed by atoms with Crippen molar-refractivity contribution < 1.29 is 9.21 Å². The molecule has 112 valence electrons. The third-order valence-electron chi connectivity index (χ3n) is 4.37. The first-order chi connectivity index (χ1) is 10.1. The molecule has 2 aromatic rings. The van der Waals surface area contributed by atoms with Crippen LogP contribution in [0.4, 0.5) is 0 Å². The number of carbonyl (C=O) groups is 1. The highest BCUT2D eigenvalue weighted by Crippen LogP contribution is 2.22. The van der Waals surface area contributed by atoms with E-state index in [4.69, 9.17) is 4.42 Å². The second-order valence-corrected chi connectivity index (χ2v) is 5.81. The van der Waals surface area contributed by atoms with Crippen LogP contribution in [0.3, 0.4) is 0 Å². The fourth-order valence-corrected chi connectivity index (χ4v) is 3.00. The van der Waals surface area contributed by atoms with E-state index in [1.807, 2.05) is 18.0 Å². The maximum absolute atomic E-state index is 12.2. The van der Waals surface area contributed by atoms with Gasteiger partial charge in [-0.1, -0.05) is 0 Å². The van der Waals surface area contributed by atoms with Crippen molar-refractivity contribution in [3.05, 3.63) is 41.9 Å². The van der Waals surface area contributed by atoms with Gasteiger partial charge in [-0.25, -0.2) is 4.98 Å². The lowest BCUT2D eigenvalue weighted by Gasteiger charge is -2.32. The summed E-state index contributed by atoms with van der Waals surface area (Å²) in [6.45, 7) is 6.79. The molecule has 0 N–H and O–H groups in total. The minimum Gasteiger partial charge on any atom is -0.472 e. The first-order valence-electron chi connectivity index (χ1n) is 7.45. The molecule has 2 aromatic heterocycles. The van der Waals surface area contributed by atoms with Gasteiger partial charge in [-0.05, 0) is 38.7 Å². The molecule has 1 amide bonds. The van der Waals surface area contributed by atoms with Crippen LogP contribution in [-0.2, 0) is 6.54 Å². The first-order valence-corrected chi connectivity index (χ1v) is 7.45. The van der Waals surface area contributed by atoms with Crippen LogP contribution < -0.4 is 0 Å². The SMILES string of the molecule is Cc1cnc(C)n1CC1CCN(C(=O)c2ccoc2)CC1. The van der Waals surface area contributed by atoms with E-state index in [2.05, 4.69) is 16.5 Å². The van der Waals surface area contributed by atoms with Crippen molar-refractivity contribution >= 4 is 5.91 Å². The van der Waals surface area contributed by atoms with Gasteiger partial charge in [0.25, 0.3) is 5.91 Å². The highest BCUT2D eigenvalue weighted by molar-refractivity contribution is 5.93. The van der Waals surface area contributed by atoms with E-state index in [1.165, 1.54) is 12.0 Å². The number of aromatic nitrogens is 2. The molecule has 5 heteroatoms. The van der Waals surface area contributed by atoms with Crippen molar-refractivity contribution in [3.8, 4) is 0 Å². The third kappa shape index (κ3) is 2.86. The molecular weight excluding hydrogens is 266 g/mol. The molecule has 3 heterocycles. The largest absolute Gasteiger partial charge is 0.472 e. The average molecular weight is 287 g/mol. The lowest BCUT2D eigenvalue weighted by atomic mass is 9.96. The molecule has 1 aliphatic rings. The maximum atomic E-state index is 12.2. The number of hydrogen-bond acceptors (Lipinski definition) is 3. The van der Waals surface area contributed by atoms with Crippen molar-refractivity contribution in [2.45, 2.75) is 33.2 Å². The number of hydrogen-bond donors (Lipinski definition) is 0. The topological polar surface area (TPSA) is 51.3 Å². The molecule has 1 fully saturated rings. The molecular formula is C16H21N3O2. The van der Waals surface area contributed by atoms with Crippen LogP contribution in [0, 0.1) is 19.8 Å². The second kappa shape index (κ2) is 5.76. The van der Waals surface area contributed by atoms with Gasteiger partial charge >= 0.3 is 0 Å². The Labute approximate surface area is 124 Å². The van der Waals surface area contributed by atoms with Crippen LogP contribution >= 0.6 is 0 Å². The summed E-state index contributed by atoms with van der Waals surface area (Å²) in [7, 11) is 0. The maximum Gasteiger partial charge on any atom is 0.257 e. The van der Waals surface area contributed by atoms with E-state index >= 15 is 0 Å². The Balaban J connectivity index is 1.57. The monoisotopic (exact) mass is 287 g/mol. The summed E-state index contributed by atoms with van der Waals surface area (Å²) in [5, 5.41) is 0. The second-order valence-electron chi connectivity index (χ2n) is 5.81. The number of piperidine rings is 1. The molecule has 5 nitrogen and oxygen atoms in total. The van der Waals surface area contributed by atoms with Crippen LogP contribution in [0.15, 0.2) is 29.2 Å². The zero-order valence-electron chi connectivity index (χ0n) is 12.6. The fourth-order valence-electron chi connectivity index (χ4n) is 3.00. The standard InChI is InChI=1S/C16H21N3O2/c1-12-9-17-13(2)19(12)10-14-3-6-18(7-4-14)16(20)15-5-8-21-11-15/h5,8-9,11,14H,3-4,6-7,10H2,1-2H3. The number of imidazole rings is 1. The van der Waals surface area contributed by atoms with Crippen LogP contribution in [-0.4, -0.2) is 33.4 Å². The highest BCUT2D eigenvalue weighted by Gasteiger charge is 2.24. The number of furan rings is 1. The zero-order valence-corrected chi connectivity index (χ0v) is 12.6. The highest BCUT2D eigenvalue weighted by atomic mass is 16.3. The molecule has 0 bridgehead atoms. The van der Waals surface area contributed by atoms with Gasteiger partial charge in [-0.3, -0.25) is 4.79 Å². The zero-order chi connectivity index (χ0) is 14.8. The van der Waals surface area contributed by atoms with Crippen molar-refractivity contribution in [3.63, 3.8) is 0 Å². The molecule has 21 heavy (non-hydrogen) atoms. The van der Waals surface area contributed by atoms with E-state index in [9.17, 15) is 4.79 Å². The first kappa shape index (κ1) is 13.9. The van der Waals surface area contributed by atoms with Crippen molar-refractivity contribution in [2.24, 2.45) is 5.92 Å². The Kier molecular flexibility index (Phi) is 3.82. The van der Waals surface area contributed by atoms with Gasteiger partial charge in [-0.2, -0.15) is 0 Å². The van der Waals surface area contributed by atoms with Gasteiger partial charge in [0.15, 0.2) is 0 Å². The van der Waals surface area contributed by atoms with Gasteiger partial charge in [0, 0.05) is 31.5 Å². The minimum atomic E-state index is 0.0807. The molecule has 0 spiro atoms. The molecule has 3 rings (SSSR count). The number of carbonyl (C=O) groups excluding carboxylic acids is 1. The number of rotatable bonds is 3. The summed E-state index contributed by atoms with van der Waals surface area (Å²) in [6, 6.07) is 1.73. The number of amides is 1. The van der Waals surface area contributed by atoms with E-state index in [0.29, 0.717) is 11.5 Å². The number of likely N-dealkylation sites (tertiary alicyclic amines) is 1. The quantitative estimate of drug-likeness (QED) is 0.872. The molecule has 1 aliphatic heterocycles. The van der Waals surface area contributed by atoms with E-state index in [0.717, 1.165) is 38.3 Å². The normalized spacial score (nSPS) is 16.4. The van der Waals surface area contributed by atoms with E-state index in [-0.39, 0.29) is 5.91 Å². The fraction of sp³-hybridized carbons (Fsp3) is 0.500. The molecule has 0 aromatic carbocycles. The Morgan fingerprint density at radius 2 is 2.14 bits per heavy atom. The van der Waals surface area contributed by atoms with Crippen LogP contribution in [0.5, 0.6) is 0 Å². The summed E-state index contributed by atoms with van der Waals surface area (Å²) >= 11 is 0. The molecule has 0 radical (unpaired) electrons. The predicted octanol–water partition coefficient (Wildman–Crippen LogP) is 2.65. The van der Waals surface area contributed by atoms with Crippen molar-refractivity contribution in [1.82, 2.24) is 14.5 Å². The van der Waals surface area contributed by atoms with Crippen molar-refractivity contribution in [2.75, 3.05) is 13.1 Å². The van der Waals surface area contributed by atoms with Crippen molar-refractivity contribution in [1.29, 1.82) is 0 Å². The number of nitrogens with zero attached hydrogens (tertiary/aromatic N) is 3. The van der Waals surface area contributed by atoms with Gasteiger partial charge in [-0.15, -0.1) is 0 Å². The summed E-state index contributed by atoms with van der Waals surface area (Å²) in [6.07, 6.45) is 7.07. The smallest absolute Gasteiger partial charge is 0.257 e. The van der Waals surface area contributed by atoms with Gasteiger partial charge in [0.05, 0.1) is 11.8 Å². The van der Waals surface area contributed by atoms with E-state index < -0.39 is 0 Å². The van der Waals surface area contributed by atoms with Gasteiger partial charge in [0.1, 0.15) is 12.1 Å². The molecule has 0 unspecified atom stereocenters. The van der Waals surface area contributed by atoms with Crippen LogP contribution in [0.25, 0.3) is 0 Å².